The second kappa shape index (κ2) is 8.91. The van der Waals surface area contributed by atoms with E-state index >= 15 is 0 Å². The third-order valence-electron chi connectivity index (χ3n) is 2.34. The molecular formula is C15H14CuO4. The SMILES string of the molecule is CC(=CC(=O)O)C(=O)O.[Cu].c1ccc2ccccc2c1. The minimum Gasteiger partial charge on any atom is -0.478 e. The summed E-state index contributed by atoms with van der Waals surface area (Å²) >= 11 is 0. The molecule has 0 aromatic heterocycles. The van der Waals surface area contributed by atoms with Crippen LogP contribution in [0.25, 0.3) is 10.8 Å². The molecule has 2 rings (SSSR count). The summed E-state index contributed by atoms with van der Waals surface area (Å²) in [5, 5.41) is 18.7. The summed E-state index contributed by atoms with van der Waals surface area (Å²) in [6, 6.07) is 16.7. The maximum absolute atomic E-state index is 9.90. The van der Waals surface area contributed by atoms with Crippen LogP contribution in [0, 0.1) is 0 Å². The van der Waals surface area contributed by atoms with Gasteiger partial charge in [0, 0.05) is 28.7 Å². The zero-order valence-electron chi connectivity index (χ0n) is 10.7. The first-order chi connectivity index (χ1) is 9.00. The molecule has 0 bridgehead atoms. The minimum atomic E-state index is -1.24. The van der Waals surface area contributed by atoms with E-state index in [-0.39, 0.29) is 22.6 Å². The summed E-state index contributed by atoms with van der Waals surface area (Å²) in [6.07, 6.45) is 0.641. The van der Waals surface area contributed by atoms with Gasteiger partial charge in [-0.1, -0.05) is 48.5 Å². The van der Waals surface area contributed by atoms with E-state index in [9.17, 15) is 9.59 Å². The van der Waals surface area contributed by atoms with E-state index in [4.69, 9.17) is 10.2 Å². The standard InChI is InChI=1S/C10H8.C5H6O4.Cu/c1-2-6-10-8-4-3-7-9(10)5-1;1-3(5(8)9)2-4(6)7;/h1-8H;2H,1H3,(H,6,7)(H,8,9);. The van der Waals surface area contributed by atoms with Gasteiger partial charge in [-0.3, -0.25) is 0 Å². The Balaban J connectivity index is 0.000000347. The van der Waals surface area contributed by atoms with Gasteiger partial charge >= 0.3 is 11.9 Å². The summed E-state index contributed by atoms with van der Waals surface area (Å²) in [7, 11) is 0. The number of benzene rings is 2. The average Bonchev–Trinajstić information content (AvgIpc) is 2.39. The molecule has 2 aromatic rings. The van der Waals surface area contributed by atoms with Crippen molar-refractivity contribution in [3.05, 3.63) is 60.2 Å². The predicted molar refractivity (Wildman–Crippen MR) is 73.0 cm³/mol. The largest absolute Gasteiger partial charge is 0.478 e. The smallest absolute Gasteiger partial charge is 0.331 e. The molecule has 0 unspecified atom stereocenters. The second-order valence-corrected chi connectivity index (χ2v) is 3.82. The van der Waals surface area contributed by atoms with Crippen LogP contribution in [-0.4, -0.2) is 22.2 Å². The molecule has 0 spiro atoms. The van der Waals surface area contributed by atoms with Crippen molar-refractivity contribution in [2.24, 2.45) is 0 Å². The maximum Gasteiger partial charge on any atom is 0.331 e. The maximum atomic E-state index is 9.90. The van der Waals surface area contributed by atoms with Crippen LogP contribution in [-0.2, 0) is 26.7 Å². The van der Waals surface area contributed by atoms with Gasteiger partial charge in [0.1, 0.15) is 0 Å². The molecule has 0 aliphatic rings. The van der Waals surface area contributed by atoms with Gasteiger partial charge in [0.05, 0.1) is 0 Å². The normalized spacial score (nSPS) is 9.95. The molecule has 20 heavy (non-hydrogen) atoms. The van der Waals surface area contributed by atoms with Crippen LogP contribution >= 0.6 is 0 Å². The van der Waals surface area contributed by atoms with Crippen LogP contribution in [0.2, 0.25) is 0 Å². The van der Waals surface area contributed by atoms with Gasteiger partial charge in [-0.2, -0.15) is 0 Å². The van der Waals surface area contributed by atoms with Gasteiger partial charge in [0.25, 0.3) is 0 Å². The molecule has 4 nitrogen and oxygen atoms in total. The Morgan fingerprint density at radius 3 is 1.45 bits per heavy atom. The van der Waals surface area contributed by atoms with Crippen molar-refractivity contribution in [3.8, 4) is 0 Å². The molecule has 5 heteroatoms. The Labute approximate surface area is 127 Å². The van der Waals surface area contributed by atoms with Crippen molar-refractivity contribution in [1.82, 2.24) is 0 Å². The van der Waals surface area contributed by atoms with E-state index < -0.39 is 11.9 Å². The summed E-state index contributed by atoms with van der Waals surface area (Å²) in [5.41, 5.74) is -0.178. The third kappa shape index (κ3) is 6.18. The van der Waals surface area contributed by atoms with Crippen molar-refractivity contribution in [2.45, 2.75) is 6.92 Å². The van der Waals surface area contributed by atoms with Gasteiger partial charge in [-0.05, 0) is 17.7 Å². The van der Waals surface area contributed by atoms with E-state index in [1.807, 2.05) is 0 Å². The van der Waals surface area contributed by atoms with Crippen molar-refractivity contribution >= 4 is 22.7 Å². The fraction of sp³-hybridized carbons (Fsp3) is 0.0667. The van der Waals surface area contributed by atoms with Crippen LogP contribution < -0.4 is 0 Å². The topological polar surface area (TPSA) is 74.6 Å². The van der Waals surface area contributed by atoms with E-state index in [0.29, 0.717) is 6.08 Å². The number of carbonyl (C=O) groups is 2. The fourth-order valence-electron chi connectivity index (χ4n) is 1.38. The number of carboxylic acids is 2. The second-order valence-electron chi connectivity index (χ2n) is 3.82. The van der Waals surface area contributed by atoms with Crippen LogP contribution in [0.15, 0.2) is 60.2 Å². The molecule has 0 aliphatic heterocycles. The first kappa shape index (κ1) is 17.9. The summed E-state index contributed by atoms with van der Waals surface area (Å²) in [6.45, 7) is 1.22. The Morgan fingerprint density at radius 2 is 1.25 bits per heavy atom. The van der Waals surface area contributed by atoms with Crippen LogP contribution in [0.4, 0.5) is 0 Å². The summed E-state index contributed by atoms with van der Waals surface area (Å²) in [4.78, 5) is 19.7. The number of rotatable bonds is 2. The van der Waals surface area contributed by atoms with Crippen LogP contribution in [0.5, 0.6) is 0 Å². The molecule has 2 N–H and O–H groups in total. The molecule has 2 aromatic carbocycles. The number of fused-ring (bicyclic) bond motifs is 1. The van der Waals surface area contributed by atoms with Gasteiger partial charge in [-0.15, -0.1) is 0 Å². The molecule has 1 radical (unpaired) electrons. The predicted octanol–water partition coefficient (Wildman–Crippen LogP) is 2.94. The fourth-order valence-corrected chi connectivity index (χ4v) is 1.38. The quantitative estimate of drug-likeness (QED) is 0.658. The monoisotopic (exact) mass is 321 g/mol. The Kier molecular flexibility index (Phi) is 7.97. The molecule has 0 atom stereocenters. The first-order valence-corrected chi connectivity index (χ1v) is 5.59. The molecule has 0 amide bonds. The molecule has 109 valence electrons. The van der Waals surface area contributed by atoms with Gasteiger partial charge in [0.2, 0.25) is 0 Å². The average molecular weight is 322 g/mol. The number of hydrogen-bond acceptors (Lipinski definition) is 2. The zero-order valence-corrected chi connectivity index (χ0v) is 11.7. The molecule has 0 heterocycles. The van der Waals surface area contributed by atoms with Crippen molar-refractivity contribution in [1.29, 1.82) is 0 Å². The summed E-state index contributed by atoms with van der Waals surface area (Å²) in [5.74, 6) is -2.45. The Morgan fingerprint density at radius 1 is 0.900 bits per heavy atom. The van der Waals surface area contributed by atoms with Crippen LogP contribution in [0.3, 0.4) is 0 Å². The van der Waals surface area contributed by atoms with E-state index in [1.165, 1.54) is 17.7 Å². The van der Waals surface area contributed by atoms with E-state index in [1.54, 1.807) is 0 Å². The molecule has 0 saturated carbocycles. The minimum absolute atomic E-state index is 0. The van der Waals surface area contributed by atoms with Gasteiger partial charge in [-0.25, -0.2) is 9.59 Å². The molecule has 0 aliphatic carbocycles. The summed E-state index contributed by atoms with van der Waals surface area (Å²) < 4.78 is 0. The Bertz CT molecular complexity index is 555. The molecule has 0 saturated heterocycles. The van der Waals surface area contributed by atoms with Gasteiger partial charge < -0.3 is 10.2 Å². The van der Waals surface area contributed by atoms with Gasteiger partial charge in [0.15, 0.2) is 0 Å². The number of aliphatic carboxylic acids is 2. The molecular weight excluding hydrogens is 308 g/mol. The first-order valence-electron chi connectivity index (χ1n) is 5.59. The van der Waals surface area contributed by atoms with Crippen molar-refractivity contribution in [2.75, 3.05) is 0 Å². The number of carboxylic acid groups (broad SMARTS) is 2. The van der Waals surface area contributed by atoms with E-state index in [0.717, 1.165) is 0 Å². The third-order valence-corrected chi connectivity index (χ3v) is 2.34. The van der Waals surface area contributed by atoms with E-state index in [2.05, 4.69) is 48.5 Å². The van der Waals surface area contributed by atoms with Crippen LogP contribution in [0.1, 0.15) is 6.92 Å². The molecule has 0 fully saturated rings. The number of hydrogen-bond donors (Lipinski definition) is 2. The zero-order chi connectivity index (χ0) is 14.3. The van der Waals surface area contributed by atoms with Crippen molar-refractivity contribution < 1.29 is 36.9 Å². The Hall–Kier alpha value is -2.10. The van der Waals surface area contributed by atoms with Crippen molar-refractivity contribution in [3.63, 3.8) is 0 Å².